The Morgan fingerprint density at radius 1 is 1.14 bits per heavy atom. The summed E-state index contributed by atoms with van der Waals surface area (Å²) in [6, 6.07) is 9.98. The van der Waals surface area contributed by atoms with Crippen LogP contribution >= 0.6 is 11.8 Å². The van der Waals surface area contributed by atoms with Gasteiger partial charge in [-0.25, -0.2) is 4.99 Å². The predicted molar refractivity (Wildman–Crippen MR) is 117 cm³/mol. The Hall–Kier alpha value is -3.06. The number of para-hydroxylation sites is 1. The van der Waals surface area contributed by atoms with E-state index in [4.69, 9.17) is 4.52 Å². The maximum atomic E-state index is 12.5. The van der Waals surface area contributed by atoms with Crippen molar-refractivity contribution in [2.45, 2.75) is 34.6 Å². The lowest BCUT2D eigenvalue weighted by molar-refractivity contribution is -0.115. The zero-order valence-electron chi connectivity index (χ0n) is 17.0. The number of aryl methyl sites for hydroxylation is 4. The standard InChI is InChI=1S/C22H22N4O2S/c1-12-7-6-8-13(2)20(12)23-22-24-21(27)18(29-22)11-17-9-14(3)26(16(17)5)19-10-15(4)28-25-19/h6-11H,1-5H3,(H,23,24,27)/b18-11-. The molecule has 3 aromatic rings. The van der Waals surface area contributed by atoms with Crippen molar-refractivity contribution in [3.8, 4) is 5.82 Å². The molecule has 1 aliphatic heterocycles. The van der Waals surface area contributed by atoms with Crippen LogP contribution in [0.2, 0.25) is 0 Å². The van der Waals surface area contributed by atoms with Gasteiger partial charge in [0.2, 0.25) is 0 Å². The lowest BCUT2D eigenvalue weighted by Crippen LogP contribution is -2.19. The van der Waals surface area contributed by atoms with E-state index in [1.165, 1.54) is 11.8 Å². The Labute approximate surface area is 173 Å². The molecule has 1 aromatic carbocycles. The number of nitrogens with zero attached hydrogens (tertiary/aromatic N) is 3. The molecular weight excluding hydrogens is 384 g/mol. The molecule has 148 valence electrons. The maximum Gasteiger partial charge on any atom is 0.264 e. The summed E-state index contributed by atoms with van der Waals surface area (Å²) in [7, 11) is 0. The second-order valence-electron chi connectivity index (χ2n) is 7.18. The second-order valence-corrected chi connectivity index (χ2v) is 8.21. The van der Waals surface area contributed by atoms with Gasteiger partial charge >= 0.3 is 0 Å². The van der Waals surface area contributed by atoms with Gasteiger partial charge in [0.1, 0.15) is 5.76 Å². The Bertz CT molecular complexity index is 1160. The first kappa shape index (κ1) is 19.3. The molecule has 0 spiro atoms. The number of aliphatic imine (C=N–C) groups is 1. The number of amidine groups is 1. The minimum absolute atomic E-state index is 0.137. The van der Waals surface area contributed by atoms with Crippen molar-refractivity contribution >= 4 is 34.6 Å². The minimum atomic E-state index is -0.137. The fourth-order valence-corrected chi connectivity index (χ4v) is 4.27. The molecule has 0 radical (unpaired) electrons. The SMILES string of the molecule is Cc1cc(-n2c(C)cc(/C=C3\SC(=Nc4c(C)cccc4C)NC3=O)c2C)no1. The summed E-state index contributed by atoms with van der Waals surface area (Å²) in [6.07, 6.45) is 1.90. The zero-order valence-corrected chi connectivity index (χ0v) is 17.8. The van der Waals surface area contributed by atoms with Crippen molar-refractivity contribution in [3.05, 3.63) is 69.1 Å². The number of amides is 1. The van der Waals surface area contributed by atoms with Crippen LogP contribution in [0.1, 0.15) is 33.8 Å². The van der Waals surface area contributed by atoms with Crippen LogP contribution in [0.25, 0.3) is 11.9 Å². The first-order valence-electron chi connectivity index (χ1n) is 9.32. The van der Waals surface area contributed by atoms with E-state index in [1.807, 2.05) is 75.6 Å². The number of rotatable bonds is 3. The van der Waals surface area contributed by atoms with Gasteiger partial charge in [0.15, 0.2) is 11.0 Å². The van der Waals surface area contributed by atoms with Crippen molar-refractivity contribution in [1.82, 2.24) is 15.0 Å². The van der Waals surface area contributed by atoms with Crippen LogP contribution in [-0.2, 0) is 4.79 Å². The monoisotopic (exact) mass is 406 g/mol. The number of aromatic nitrogens is 2. The number of hydrogen-bond acceptors (Lipinski definition) is 5. The van der Waals surface area contributed by atoms with Gasteiger partial charge in [0.05, 0.1) is 10.6 Å². The van der Waals surface area contributed by atoms with Gasteiger partial charge in [-0.1, -0.05) is 23.4 Å². The molecule has 0 bridgehead atoms. The quantitative estimate of drug-likeness (QED) is 0.628. The molecule has 6 nitrogen and oxygen atoms in total. The number of carbonyl (C=O) groups is 1. The van der Waals surface area contributed by atoms with E-state index in [0.717, 1.165) is 45.3 Å². The normalized spacial score (nSPS) is 16.8. The van der Waals surface area contributed by atoms with Crippen LogP contribution in [0.5, 0.6) is 0 Å². The average molecular weight is 407 g/mol. The number of carbonyl (C=O) groups excluding carboxylic acids is 1. The van der Waals surface area contributed by atoms with E-state index < -0.39 is 0 Å². The highest BCUT2D eigenvalue weighted by Crippen LogP contribution is 2.32. The van der Waals surface area contributed by atoms with Crippen LogP contribution in [-0.4, -0.2) is 20.8 Å². The van der Waals surface area contributed by atoms with E-state index in [0.29, 0.717) is 10.1 Å². The molecule has 2 aromatic heterocycles. The number of thioether (sulfide) groups is 1. The van der Waals surface area contributed by atoms with Crippen LogP contribution in [0, 0.1) is 34.6 Å². The third kappa shape index (κ3) is 3.65. The summed E-state index contributed by atoms with van der Waals surface area (Å²) in [5.41, 5.74) is 6.05. The second kappa shape index (κ2) is 7.40. The van der Waals surface area contributed by atoms with Crippen molar-refractivity contribution in [1.29, 1.82) is 0 Å². The molecule has 1 aliphatic rings. The van der Waals surface area contributed by atoms with Crippen molar-refractivity contribution in [3.63, 3.8) is 0 Å². The summed E-state index contributed by atoms with van der Waals surface area (Å²) >= 11 is 1.36. The number of benzene rings is 1. The van der Waals surface area contributed by atoms with Gasteiger partial charge < -0.3 is 9.84 Å². The maximum absolute atomic E-state index is 12.5. The van der Waals surface area contributed by atoms with Gasteiger partial charge in [0, 0.05) is 17.5 Å². The lowest BCUT2D eigenvalue weighted by atomic mass is 10.1. The van der Waals surface area contributed by atoms with Crippen LogP contribution in [0.3, 0.4) is 0 Å². The Balaban J connectivity index is 1.66. The first-order valence-corrected chi connectivity index (χ1v) is 10.1. The molecule has 1 fully saturated rings. The van der Waals surface area contributed by atoms with Crippen LogP contribution < -0.4 is 5.32 Å². The molecular formula is C22H22N4O2S. The Morgan fingerprint density at radius 3 is 2.52 bits per heavy atom. The Kier molecular flexibility index (Phi) is 4.92. The van der Waals surface area contributed by atoms with E-state index in [9.17, 15) is 4.79 Å². The molecule has 1 saturated heterocycles. The molecule has 0 aliphatic carbocycles. The highest BCUT2D eigenvalue weighted by molar-refractivity contribution is 8.18. The largest absolute Gasteiger partial charge is 0.360 e. The first-order chi connectivity index (χ1) is 13.8. The molecule has 1 amide bonds. The van der Waals surface area contributed by atoms with Crippen molar-refractivity contribution in [2.24, 2.45) is 4.99 Å². The predicted octanol–water partition coefficient (Wildman–Crippen LogP) is 4.90. The molecule has 1 N–H and O–H groups in total. The summed E-state index contributed by atoms with van der Waals surface area (Å²) in [6.45, 7) is 9.92. The highest BCUT2D eigenvalue weighted by atomic mass is 32.2. The number of nitrogens with one attached hydrogen (secondary N) is 1. The summed E-state index contributed by atoms with van der Waals surface area (Å²) < 4.78 is 7.23. The van der Waals surface area contributed by atoms with E-state index in [2.05, 4.69) is 15.5 Å². The molecule has 0 atom stereocenters. The van der Waals surface area contributed by atoms with Gasteiger partial charge in [-0.05, 0) is 75.2 Å². The summed E-state index contributed by atoms with van der Waals surface area (Å²) in [5.74, 6) is 1.36. The molecule has 3 heterocycles. The van der Waals surface area contributed by atoms with E-state index in [1.54, 1.807) is 0 Å². The van der Waals surface area contributed by atoms with Crippen molar-refractivity contribution < 1.29 is 9.32 Å². The molecule has 0 unspecified atom stereocenters. The lowest BCUT2D eigenvalue weighted by Gasteiger charge is -2.04. The van der Waals surface area contributed by atoms with E-state index >= 15 is 0 Å². The molecule has 4 rings (SSSR count). The third-order valence-corrected chi connectivity index (χ3v) is 5.82. The zero-order chi connectivity index (χ0) is 20.7. The topological polar surface area (TPSA) is 72.4 Å². The summed E-state index contributed by atoms with van der Waals surface area (Å²) in [5, 5.41) is 7.58. The van der Waals surface area contributed by atoms with Crippen LogP contribution in [0.15, 0.2) is 44.8 Å². The van der Waals surface area contributed by atoms with Gasteiger partial charge in [-0.15, -0.1) is 0 Å². The number of hydrogen-bond donors (Lipinski definition) is 1. The average Bonchev–Trinajstić information content (AvgIpc) is 3.30. The highest BCUT2D eigenvalue weighted by Gasteiger charge is 2.25. The Morgan fingerprint density at radius 2 is 1.86 bits per heavy atom. The molecule has 7 heteroatoms. The smallest absolute Gasteiger partial charge is 0.264 e. The molecule has 0 saturated carbocycles. The van der Waals surface area contributed by atoms with Crippen LogP contribution in [0.4, 0.5) is 5.69 Å². The van der Waals surface area contributed by atoms with E-state index in [-0.39, 0.29) is 5.91 Å². The van der Waals surface area contributed by atoms with Crippen molar-refractivity contribution in [2.75, 3.05) is 0 Å². The minimum Gasteiger partial charge on any atom is -0.360 e. The van der Waals surface area contributed by atoms with Gasteiger partial charge in [-0.2, -0.15) is 0 Å². The summed E-state index contributed by atoms with van der Waals surface area (Å²) in [4.78, 5) is 17.8. The fraction of sp³-hybridized carbons (Fsp3) is 0.227. The van der Waals surface area contributed by atoms with Gasteiger partial charge in [0.25, 0.3) is 5.91 Å². The fourth-order valence-electron chi connectivity index (χ4n) is 3.45. The third-order valence-electron chi connectivity index (χ3n) is 4.91. The van der Waals surface area contributed by atoms with Gasteiger partial charge in [-0.3, -0.25) is 9.36 Å². The molecule has 29 heavy (non-hydrogen) atoms.